The maximum atomic E-state index is 11.9. The molecule has 0 unspecified atom stereocenters. The lowest BCUT2D eigenvalue weighted by atomic mass is 10.1. The molecule has 2 N–H and O–H groups in total. The van der Waals surface area contributed by atoms with Gasteiger partial charge in [-0.05, 0) is 24.1 Å². The molecule has 0 fully saturated rings. The summed E-state index contributed by atoms with van der Waals surface area (Å²) in [5.74, 6) is 1.07. The average Bonchev–Trinajstić information content (AvgIpc) is 3.08. The summed E-state index contributed by atoms with van der Waals surface area (Å²) < 4.78 is 10.5. The van der Waals surface area contributed by atoms with Gasteiger partial charge in [-0.25, -0.2) is 0 Å². The zero-order valence-corrected chi connectivity index (χ0v) is 13.8. The Bertz CT molecular complexity index is 746. The minimum Gasteiger partial charge on any atom is -0.454 e. The summed E-state index contributed by atoms with van der Waals surface area (Å²) in [6, 6.07) is 15.1. The van der Waals surface area contributed by atoms with Gasteiger partial charge in [0, 0.05) is 31.1 Å². The first kappa shape index (κ1) is 16.8. The maximum absolute atomic E-state index is 11.9. The number of ether oxygens (including phenoxy) is 2. The SMILES string of the molecule is O=C(CCc1ccccc1)NCCC(=O)Nc1ccc2c(c1)OCO2. The first-order valence-corrected chi connectivity index (χ1v) is 8.21. The molecular weight excluding hydrogens is 320 g/mol. The average molecular weight is 340 g/mol. The number of benzene rings is 2. The Labute approximate surface area is 146 Å². The number of fused-ring (bicyclic) bond motifs is 1. The molecule has 1 heterocycles. The van der Waals surface area contributed by atoms with Gasteiger partial charge in [-0.1, -0.05) is 30.3 Å². The monoisotopic (exact) mass is 340 g/mol. The molecule has 1 aliphatic heterocycles. The fourth-order valence-corrected chi connectivity index (χ4v) is 2.50. The van der Waals surface area contributed by atoms with Gasteiger partial charge < -0.3 is 20.1 Å². The van der Waals surface area contributed by atoms with Crippen molar-refractivity contribution >= 4 is 17.5 Å². The van der Waals surface area contributed by atoms with Crippen LogP contribution in [0.3, 0.4) is 0 Å². The minimum absolute atomic E-state index is 0.0558. The van der Waals surface area contributed by atoms with Crippen LogP contribution in [-0.4, -0.2) is 25.2 Å². The van der Waals surface area contributed by atoms with Crippen LogP contribution in [0.15, 0.2) is 48.5 Å². The summed E-state index contributed by atoms with van der Waals surface area (Å²) in [5, 5.41) is 5.54. The van der Waals surface area contributed by atoms with Crippen LogP contribution in [0, 0.1) is 0 Å². The van der Waals surface area contributed by atoms with Crippen molar-refractivity contribution in [2.24, 2.45) is 0 Å². The summed E-state index contributed by atoms with van der Waals surface area (Å²) >= 11 is 0. The molecule has 2 aromatic rings. The van der Waals surface area contributed by atoms with Gasteiger partial charge in [0.2, 0.25) is 18.6 Å². The largest absolute Gasteiger partial charge is 0.454 e. The van der Waals surface area contributed by atoms with E-state index in [0.717, 1.165) is 5.56 Å². The van der Waals surface area contributed by atoms with Crippen molar-refractivity contribution in [2.75, 3.05) is 18.7 Å². The second-order valence-corrected chi connectivity index (χ2v) is 5.70. The Balaban J connectivity index is 1.35. The predicted molar refractivity (Wildman–Crippen MR) is 93.6 cm³/mol. The van der Waals surface area contributed by atoms with Gasteiger partial charge in [-0.2, -0.15) is 0 Å². The molecule has 0 bridgehead atoms. The molecule has 2 aromatic carbocycles. The van der Waals surface area contributed by atoms with E-state index in [0.29, 0.717) is 36.6 Å². The normalized spacial score (nSPS) is 11.8. The number of rotatable bonds is 7. The molecule has 0 radical (unpaired) electrons. The van der Waals surface area contributed by atoms with Crippen molar-refractivity contribution < 1.29 is 19.1 Å². The molecule has 0 saturated heterocycles. The highest BCUT2D eigenvalue weighted by atomic mass is 16.7. The van der Waals surface area contributed by atoms with E-state index in [1.807, 2.05) is 30.3 Å². The van der Waals surface area contributed by atoms with Gasteiger partial charge in [0.25, 0.3) is 0 Å². The maximum Gasteiger partial charge on any atom is 0.231 e. The Hall–Kier alpha value is -3.02. The quantitative estimate of drug-likeness (QED) is 0.812. The first-order valence-electron chi connectivity index (χ1n) is 8.21. The van der Waals surface area contributed by atoms with Gasteiger partial charge in [0.05, 0.1) is 0 Å². The highest BCUT2D eigenvalue weighted by Crippen LogP contribution is 2.34. The smallest absolute Gasteiger partial charge is 0.231 e. The van der Waals surface area contributed by atoms with Crippen molar-refractivity contribution in [3.63, 3.8) is 0 Å². The van der Waals surface area contributed by atoms with Crippen LogP contribution in [0.2, 0.25) is 0 Å². The van der Waals surface area contributed by atoms with Crippen molar-refractivity contribution in [1.82, 2.24) is 5.32 Å². The Morgan fingerprint density at radius 3 is 2.56 bits per heavy atom. The summed E-state index contributed by atoms with van der Waals surface area (Å²) in [6.45, 7) is 0.506. The summed E-state index contributed by atoms with van der Waals surface area (Å²) in [7, 11) is 0. The van der Waals surface area contributed by atoms with Crippen LogP contribution in [0.4, 0.5) is 5.69 Å². The lowest BCUT2D eigenvalue weighted by molar-refractivity contribution is -0.121. The third-order valence-electron chi connectivity index (χ3n) is 3.81. The van der Waals surface area contributed by atoms with Crippen LogP contribution in [0.25, 0.3) is 0 Å². The fourth-order valence-electron chi connectivity index (χ4n) is 2.50. The number of hydrogen-bond acceptors (Lipinski definition) is 4. The third-order valence-corrected chi connectivity index (χ3v) is 3.81. The zero-order valence-electron chi connectivity index (χ0n) is 13.8. The zero-order chi connectivity index (χ0) is 17.5. The number of aryl methyl sites for hydroxylation is 1. The molecule has 0 aliphatic carbocycles. The number of hydrogen-bond donors (Lipinski definition) is 2. The molecule has 2 amide bonds. The Kier molecular flexibility index (Phi) is 5.51. The van der Waals surface area contributed by atoms with E-state index in [4.69, 9.17) is 9.47 Å². The van der Waals surface area contributed by atoms with E-state index in [1.165, 1.54) is 0 Å². The molecule has 6 heteroatoms. The molecule has 25 heavy (non-hydrogen) atoms. The van der Waals surface area contributed by atoms with Crippen LogP contribution in [0.1, 0.15) is 18.4 Å². The van der Waals surface area contributed by atoms with Gasteiger partial charge in [-0.3, -0.25) is 9.59 Å². The van der Waals surface area contributed by atoms with Gasteiger partial charge in [-0.15, -0.1) is 0 Å². The lowest BCUT2D eigenvalue weighted by Crippen LogP contribution is -2.27. The molecule has 0 atom stereocenters. The minimum atomic E-state index is -0.165. The second kappa shape index (κ2) is 8.19. The molecule has 130 valence electrons. The van der Waals surface area contributed by atoms with Crippen molar-refractivity contribution in [1.29, 1.82) is 0 Å². The number of carbonyl (C=O) groups excluding carboxylic acids is 2. The molecule has 6 nitrogen and oxygen atoms in total. The van der Waals surface area contributed by atoms with E-state index < -0.39 is 0 Å². The molecule has 1 aliphatic rings. The van der Waals surface area contributed by atoms with Crippen LogP contribution < -0.4 is 20.1 Å². The predicted octanol–water partition coefficient (Wildman–Crippen LogP) is 2.49. The highest BCUT2D eigenvalue weighted by molar-refractivity contribution is 5.91. The molecule has 0 aromatic heterocycles. The van der Waals surface area contributed by atoms with Crippen LogP contribution in [0.5, 0.6) is 11.5 Å². The fraction of sp³-hybridized carbons (Fsp3) is 0.263. The van der Waals surface area contributed by atoms with Crippen LogP contribution in [-0.2, 0) is 16.0 Å². The number of amides is 2. The standard InChI is InChI=1S/C19H20N2O4/c22-18(9-6-14-4-2-1-3-5-14)20-11-10-19(23)21-15-7-8-16-17(12-15)25-13-24-16/h1-5,7-8,12H,6,9-11,13H2,(H,20,22)(H,21,23). The first-order chi connectivity index (χ1) is 12.2. The summed E-state index contributed by atoms with van der Waals surface area (Å²) in [5.41, 5.74) is 1.77. The Morgan fingerprint density at radius 2 is 1.72 bits per heavy atom. The number of carbonyl (C=O) groups is 2. The van der Waals surface area contributed by atoms with Crippen molar-refractivity contribution in [3.05, 3.63) is 54.1 Å². The second-order valence-electron chi connectivity index (χ2n) is 5.70. The molecule has 0 spiro atoms. The molecule has 3 rings (SSSR count). The van der Waals surface area contributed by atoms with Crippen molar-refractivity contribution in [2.45, 2.75) is 19.3 Å². The van der Waals surface area contributed by atoms with E-state index in [1.54, 1.807) is 18.2 Å². The topological polar surface area (TPSA) is 76.7 Å². The highest BCUT2D eigenvalue weighted by Gasteiger charge is 2.14. The van der Waals surface area contributed by atoms with E-state index in [-0.39, 0.29) is 25.0 Å². The third kappa shape index (κ3) is 4.97. The van der Waals surface area contributed by atoms with E-state index in [2.05, 4.69) is 10.6 Å². The summed E-state index contributed by atoms with van der Waals surface area (Å²) in [4.78, 5) is 23.7. The molecular formula is C19H20N2O4. The number of nitrogens with one attached hydrogen (secondary N) is 2. The van der Waals surface area contributed by atoms with E-state index in [9.17, 15) is 9.59 Å². The number of anilines is 1. The van der Waals surface area contributed by atoms with Crippen molar-refractivity contribution in [3.8, 4) is 11.5 Å². The van der Waals surface area contributed by atoms with Gasteiger partial charge in [0.1, 0.15) is 0 Å². The van der Waals surface area contributed by atoms with Crippen LogP contribution >= 0.6 is 0 Å². The van der Waals surface area contributed by atoms with Gasteiger partial charge >= 0.3 is 0 Å². The summed E-state index contributed by atoms with van der Waals surface area (Å²) in [6.07, 6.45) is 1.31. The molecule has 0 saturated carbocycles. The lowest BCUT2D eigenvalue weighted by Gasteiger charge is -2.07. The Morgan fingerprint density at radius 1 is 0.920 bits per heavy atom. The van der Waals surface area contributed by atoms with E-state index >= 15 is 0 Å². The van der Waals surface area contributed by atoms with Gasteiger partial charge in [0.15, 0.2) is 11.5 Å².